The number of carbonyl (C=O) groups excluding carboxylic acids is 1. The molecule has 1 fully saturated rings. The summed E-state index contributed by atoms with van der Waals surface area (Å²) in [6.45, 7) is 0.323. The molecule has 6 heteroatoms. The molecule has 0 radical (unpaired) electrons. The molecule has 1 aliphatic rings. The third kappa shape index (κ3) is 2.83. The number of aromatic nitrogens is 1. The number of carbonyl (C=O) groups is 2. The van der Waals surface area contributed by atoms with Gasteiger partial charge in [-0.1, -0.05) is 5.16 Å². The summed E-state index contributed by atoms with van der Waals surface area (Å²) in [5.74, 6) is -1.48. The Morgan fingerprint density at radius 3 is 2.82 bits per heavy atom. The maximum Gasteiger partial charge on any atom is 0.306 e. The molecule has 0 unspecified atom stereocenters. The molecule has 0 aliphatic heterocycles. The Kier molecular flexibility index (Phi) is 3.41. The number of amides is 1. The molecule has 0 spiro atoms. The van der Waals surface area contributed by atoms with Crippen LogP contribution in [0.4, 0.5) is 0 Å². The fourth-order valence-electron chi connectivity index (χ4n) is 2.09. The van der Waals surface area contributed by atoms with Gasteiger partial charge in [-0.25, -0.2) is 0 Å². The average Bonchev–Trinajstić information content (AvgIpc) is 2.96. The molecule has 1 amide bonds. The molecule has 0 aromatic carbocycles. The summed E-state index contributed by atoms with van der Waals surface area (Å²) in [6, 6.07) is 1.68. The lowest BCUT2D eigenvalue weighted by Gasteiger charge is -2.09. The van der Waals surface area contributed by atoms with E-state index >= 15 is 0 Å². The molecule has 1 aromatic heterocycles. The lowest BCUT2D eigenvalue weighted by atomic mass is 10.0. The highest BCUT2D eigenvalue weighted by molar-refractivity contribution is 5.80. The van der Waals surface area contributed by atoms with Gasteiger partial charge in [-0.15, -0.1) is 0 Å². The van der Waals surface area contributed by atoms with E-state index in [0.29, 0.717) is 31.5 Å². The Bertz CT molecular complexity index is 402. The van der Waals surface area contributed by atoms with Crippen LogP contribution in [-0.2, 0) is 16.1 Å². The van der Waals surface area contributed by atoms with Gasteiger partial charge >= 0.3 is 5.97 Å². The number of carboxylic acid groups (broad SMARTS) is 1. The molecule has 92 valence electrons. The highest BCUT2D eigenvalue weighted by Gasteiger charge is 2.33. The first kappa shape index (κ1) is 11.6. The monoisotopic (exact) mass is 238 g/mol. The predicted molar refractivity (Wildman–Crippen MR) is 56.8 cm³/mol. The molecule has 1 aliphatic carbocycles. The van der Waals surface area contributed by atoms with Gasteiger partial charge in [-0.2, -0.15) is 0 Å². The number of hydrogen-bond acceptors (Lipinski definition) is 4. The van der Waals surface area contributed by atoms with Crippen molar-refractivity contribution < 1.29 is 19.2 Å². The van der Waals surface area contributed by atoms with Crippen molar-refractivity contribution in [3.63, 3.8) is 0 Å². The number of rotatable bonds is 4. The standard InChI is InChI=1S/C11H14N2O4/c14-10(12-6-9-3-4-17-13-9)7-1-2-8(5-7)11(15)16/h3-4,7-8H,1-2,5-6H2,(H,12,14)(H,15,16)/t7-,8+/m1/s1. The minimum atomic E-state index is -0.809. The molecular weight excluding hydrogens is 224 g/mol. The van der Waals surface area contributed by atoms with Gasteiger partial charge in [0.2, 0.25) is 5.91 Å². The number of hydrogen-bond donors (Lipinski definition) is 2. The summed E-state index contributed by atoms with van der Waals surface area (Å²) in [6.07, 6.45) is 3.09. The van der Waals surface area contributed by atoms with E-state index < -0.39 is 5.97 Å². The normalized spacial score (nSPS) is 23.5. The molecule has 2 atom stereocenters. The van der Waals surface area contributed by atoms with Crippen molar-refractivity contribution in [1.82, 2.24) is 10.5 Å². The second kappa shape index (κ2) is 4.99. The number of carboxylic acids is 1. The summed E-state index contributed by atoms with van der Waals surface area (Å²) in [5, 5.41) is 15.2. The van der Waals surface area contributed by atoms with E-state index in [-0.39, 0.29) is 17.7 Å². The minimum absolute atomic E-state index is 0.100. The van der Waals surface area contributed by atoms with Crippen LogP contribution in [0.25, 0.3) is 0 Å². The van der Waals surface area contributed by atoms with E-state index in [9.17, 15) is 9.59 Å². The zero-order valence-electron chi connectivity index (χ0n) is 9.26. The highest BCUT2D eigenvalue weighted by atomic mass is 16.5. The molecule has 2 N–H and O–H groups in total. The van der Waals surface area contributed by atoms with Gasteiger partial charge < -0.3 is 14.9 Å². The van der Waals surface area contributed by atoms with Gasteiger partial charge in [-0.3, -0.25) is 9.59 Å². The van der Waals surface area contributed by atoms with E-state index in [1.165, 1.54) is 6.26 Å². The largest absolute Gasteiger partial charge is 0.481 e. The van der Waals surface area contributed by atoms with E-state index in [1.807, 2.05) is 0 Å². The molecule has 1 saturated carbocycles. The Balaban J connectivity index is 1.79. The quantitative estimate of drug-likeness (QED) is 0.809. The van der Waals surface area contributed by atoms with Crippen molar-refractivity contribution in [3.8, 4) is 0 Å². The summed E-state index contributed by atoms with van der Waals surface area (Å²) < 4.78 is 4.64. The second-order valence-corrected chi connectivity index (χ2v) is 4.25. The van der Waals surface area contributed by atoms with Crippen molar-refractivity contribution in [2.45, 2.75) is 25.8 Å². The van der Waals surface area contributed by atoms with Crippen LogP contribution >= 0.6 is 0 Å². The Hall–Kier alpha value is -1.85. The number of aliphatic carboxylic acids is 1. The summed E-state index contributed by atoms with van der Waals surface area (Å²) >= 11 is 0. The zero-order valence-corrected chi connectivity index (χ0v) is 9.26. The molecule has 1 heterocycles. The van der Waals surface area contributed by atoms with Crippen LogP contribution in [0.2, 0.25) is 0 Å². The van der Waals surface area contributed by atoms with Crippen molar-refractivity contribution in [1.29, 1.82) is 0 Å². The summed E-state index contributed by atoms with van der Waals surface area (Å²) in [5.41, 5.74) is 0.658. The van der Waals surface area contributed by atoms with Crippen LogP contribution in [0.3, 0.4) is 0 Å². The minimum Gasteiger partial charge on any atom is -0.481 e. The van der Waals surface area contributed by atoms with E-state index in [2.05, 4.69) is 15.0 Å². The van der Waals surface area contributed by atoms with E-state index in [0.717, 1.165) is 0 Å². The molecule has 1 aromatic rings. The zero-order chi connectivity index (χ0) is 12.3. The highest BCUT2D eigenvalue weighted by Crippen LogP contribution is 2.31. The molecule has 6 nitrogen and oxygen atoms in total. The molecule has 0 bridgehead atoms. The fraction of sp³-hybridized carbons (Fsp3) is 0.545. The maximum atomic E-state index is 11.7. The Morgan fingerprint density at radius 1 is 1.47 bits per heavy atom. The number of nitrogens with one attached hydrogen (secondary N) is 1. The van der Waals surface area contributed by atoms with Crippen molar-refractivity contribution >= 4 is 11.9 Å². The smallest absolute Gasteiger partial charge is 0.306 e. The molecule has 17 heavy (non-hydrogen) atoms. The van der Waals surface area contributed by atoms with E-state index in [4.69, 9.17) is 5.11 Å². The van der Waals surface area contributed by atoms with Crippen LogP contribution in [-0.4, -0.2) is 22.1 Å². The first-order chi connectivity index (χ1) is 8.16. The first-order valence-corrected chi connectivity index (χ1v) is 5.56. The topological polar surface area (TPSA) is 92.4 Å². The summed E-state index contributed by atoms with van der Waals surface area (Å²) in [4.78, 5) is 22.5. The number of nitrogens with zero attached hydrogens (tertiary/aromatic N) is 1. The molecule has 0 saturated heterocycles. The lowest BCUT2D eigenvalue weighted by Crippen LogP contribution is -2.29. The van der Waals surface area contributed by atoms with E-state index in [1.54, 1.807) is 6.07 Å². The second-order valence-electron chi connectivity index (χ2n) is 4.25. The van der Waals surface area contributed by atoms with Crippen LogP contribution in [0.5, 0.6) is 0 Å². The third-order valence-electron chi connectivity index (χ3n) is 3.09. The van der Waals surface area contributed by atoms with Gasteiger partial charge in [0.05, 0.1) is 12.5 Å². The van der Waals surface area contributed by atoms with Gasteiger partial charge in [0.15, 0.2) is 0 Å². The van der Waals surface area contributed by atoms with Crippen LogP contribution in [0, 0.1) is 11.8 Å². The van der Waals surface area contributed by atoms with Crippen LogP contribution < -0.4 is 5.32 Å². The predicted octanol–water partition coefficient (Wildman–Crippen LogP) is 0.792. The van der Waals surface area contributed by atoms with Crippen LogP contribution in [0.1, 0.15) is 25.0 Å². The van der Waals surface area contributed by atoms with Gasteiger partial charge in [0.1, 0.15) is 12.0 Å². The molecular formula is C11H14N2O4. The van der Waals surface area contributed by atoms with Crippen LogP contribution in [0.15, 0.2) is 16.9 Å². The Labute approximate surface area is 98.0 Å². The Morgan fingerprint density at radius 2 is 2.24 bits per heavy atom. The maximum absolute atomic E-state index is 11.7. The fourth-order valence-corrected chi connectivity index (χ4v) is 2.09. The average molecular weight is 238 g/mol. The first-order valence-electron chi connectivity index (χ1n) is 5.56. The molecule has 2 rings (SSSR count). The van der Waals surface area contributed by atoms with Crippen molar-refractivity contribution in [2.75, 3.05) is 0 Å². The SMILES string of the molecule is O=C(O)[C@H]1CC[C@@H](C(=O)NCc2ccon2)C1. The lowest BCUT2D eigenvalue weighted by molar-refractivity contribution is -0.141. The van der Waals surface area contributed by atoms with Crippen molar-refractivity contribution in [2.24, 2.45) is 11.8 Å². The van der Waals surface area contributed by atoms with Gasteiger partial charge in [0, 0.05) is 12.0 Å². The van der Waals surface area contributed by atoms with Gasteiger partial charge in [0.25, 0.3) is 0 Å². The summed E-state index contributed by atoms with van der Waals surface area (Å²) in [7, 11) is 0. The third-order valence-corrected chi connectivity index (χ3v) is 3.09. The van der Waals surface area contributed by atoms with Gasteiger partial charge in [-0.05, 0) is 19.3 Å². The van der Waals surface area contributed by atoms with Crippen molar-refractivity contribution in [3.05, 3.63) is 18.0 Å².